The van der Waals surface area contributed by atoms with Crippen LogP contribution < -0.4 is 10.1 Å². The van der Waals surface area contributed by atoms with E-state index in [9.17, 15) is 9.59 Å². The van der Waals surface area contributed by atoms with Crippen LogP contribution in [0.4, 0.5) is 5.69 Å². The maximum absolute atomic E-state index is 12.7. The minimum atomic E-state index is -0.999. The average Bonchev–Trinajstić information content (AvgIpc) is 3.34. The Morgan fingerprint density at radius 2 is 1.69 bits per heavy atom. The topological polar surface area (TPSA) is 106 Å². The number of aromatic amines is 1. The first-order chi connectivity index (χ1) is 17.5. The number of carbonyl (C=O) groups excluding carboxylic acids is 2. The number of carbonyl (C=O) groups is 2. The van der Waals surface area contributed by atoms with Crippen molar-refractivity contribution in [1.82, 2.24) is 15.0 Å². The molecule has 8 heteroatoms. The van der Waals surface area contributed by atoms with Crippen LogP contribution in [0.5, 0.6) is 11.5 Å². The number of H-pyrrole nitrogens is 1. The van der Waals surface area contributed by atoms with Crippen LogP contribution in [0.1, 0.15) is 17.3 Å². The number of esters is 1. The Hall–Kier alpha value is -4.98. The van der Waals surface area contributed by atoms with Gasteiger partial charge in [0.1, 0.15) is 17.3 Å². The number of ether oxygens (including phenoxy) is 2. The molecule has 5 rings (SSSR count). The number of para-hydroxylation sites is 1. The van der Waals surface area contributed by atoms with Crippen LogP contribution in [0.3, 0.4) is 0 Å². The highest BCUT2D eigenvalue weighted by atomic mass is 16.5. The molecule has 2 aromatic heterocycles. The van der Waals surface area contributed by atoms with Crippen molar-refractivity contribution in [2.45, 2.75) is 13.0 Å². The van der Waals surface area contributed by atoms with E-state index < -0.39 is 18.0 Å². The van der Waals surface area contributed by atoms with E-state index in [2.05, 4.69) is 20.3 Å². The second-order valence-electron chi connectivity index (χ2n) is 8.04. The molecule has 1 unspecified atom stereocenters. The van der Waals surface area contributed by atoms with E-state index in [-0.39, 0.29) is 0 Å². The number of anilines is 1. The van der Waals surface area contributed by atoms with E-state index in [1.165, 1.54) is 6.92 Å². The molecule has 5 aromatic rings. The molecule has 0 saturated heterocycles. The SMILES string of the molecule is CC(OC(=O)c1ccc2nc(-c3cccnc3)[nH]c2c1)C(=O)Nc1ccc(Oc2ccccc2)cc1. The predicted molar refractivity (Wildman–Crippen MR) is 136 cm³/mol. The molecule has 0 aliphatic rings. The number of amides is 1. The normalized spacial score (nSPS) is 11.6. The second-order valence-corrected chi connectivity index (χ2v) is 8.04. The molecular weight excluding hydrogens is 456 g/mol. The van der Waals surface area contributed by atoms with E-state index in [0.29, 0.717) is 33.9 Å². The molecule has 2 heterocycles. The Labute approximate surface area is 206 Å². The molecule has 1 amide bonds. The Morgan fingerprint density at radius 3 is 2.44 bits per heavy atom. The van der Waals surface area contributed by atoms with Crippen molar-refractivity contribution < 1.29 is 19.1 Å². The van der Waals surface area contributed by atoms with Crippen molar-refractivity contribution in [3.63, 3.8) is 0 Å². The average molecular weight is 479 g/mol. The third-order valence-corrected chi connectivity index (χ3v) is 5.41. The van der Waals surface area contributed by atoms with Crippen molar-refractivity contribution in [3.05, 3.63) is 103 Å². The van der Waals surface area contributed by atoms with Crippen molar-refractivity contribution in [1.29, 1.82) is 0 Å². The number of benzene rings is 3. The molecule has 1 atom stereocenters. The molecule has 0 fully saturated rings. The number of imidazole rings is 1. The number of fused-ring (bicyclic) bond motifs is 1. The zero-order valence-corrected chi connectivity index (χ0v) is 19.3. The van der Waals surface area contributed by atoms with Gasteiger partial charge in [-0.3, -0.25) is 9.78 Å². The summed E-state index contributed by atoms with van der Waals surface area (Å²) in [6.07, 6.45) is 2.39. The number of nitrogens with one attached hydrogen (secondary N) is 2. The summed E-state index contributed by atoms with van der Waals surface area (Å²) >= 11 is 0. The molecular formula is C28H22N4O4. The van der Waals surface area contributed by atoms with Crippen molar-refractivity contribution in [2.24, 2.45) is 0 Å². The molecule has 0 aliphatic carbocycles. The highest BCUT2D eigenvalue weighted by molar-refractivity contribution is 5.98. The Bertz CT molecular complexity index is 1500. The molecule has 8 nitrogen and oxygen atoms in total. The van der Waals surface area contributed by atoms with Gasteiger partial charge in [-0.25, -0.2) is 9.78 Å². The molecule has 0 saturated carbocycles. The van der Waals surface area contributed by atoms with Gasteiger partial charge in [0.25, 0.3) is 5.91 Å². The number of rotatable bonds is 7. The number of pyridine rings is 1. The van der Waals surface area contributed by atoms with Crippen molar-refractivity contribution >= 4 is 28.6 Å². The van der Waals surface area contributed by atoms with Crippen LogP contribution in [0.15, 0.2) is 97.3 Å². The van der Waals surface area contributed by atoms with Gasteiger partial charge in [-0.1, -0.05) is 18.2 Å². The van der Waals surface area contributed by atoms with Crippen LogP contribution in [-0.4, -0.2) is 32.9 Å². The van der Waals surface area contributed by atoms with Gasteiger partial charge in [-0.2, -0.15) is 0 Å². The zero-order chi connectivity index (χ0) is 24.9. The van der Waals surface area contributed by atoms with E-state index in [1.54, 1.807) is 54.9 Å². The lowest BCUT2D eigenvalue weighted by Gasteiger charge is -2.14. The molecule has 2 N–H and O–H groups in total. The van der Waals surface area contributed by atoms with Crippen molar-refractivity contribution in [2.75, 3.05) is 5.32 Å². The fourth-order valence-electron chi connectivity index (χ4n) is 3.53. The van der Waals surface area contributed by atoms with Gasteiger partial charge in [0.05, 0.1) is 16.6 Å². The highest BCUT2D eigenvalue weighted by Crippen LogP contribution is 2.23. The summed E-state index contributed by atoms with van der Waals surface area (Å²) in [5.74, 6) is 0.956. The lowest BCUT2D eigenvalue weighted by molar-refractivity contribution is -0.123. The van der Waals surface area contributed by atoms with Gasteiger partial charge in [0.2, 0.25) is 0 Å². The molecule has 178 valence electrons. The zero-order valence-electron chi connectivity index (χ0n) is 19.3. The summed E-state index contributed by atoms with van der Waals surface area (Å²) in [5, 5.41) is 2.75. The van der Waals surface area contributed by atoms with E-state index in [1.807, 2.05) is 42.5 Å². The minimum Gasteiger partial charge on any atom is -0.457 e. The Morgan fingerprint density at radius 1 is 0.917 bits per heavy atom. The largest absolute Gasteiger partial charge is 0.457 e. The fraction of sp³-hybridized carbons (Fsp3) is 0.0714. The lowest BCUT2D eigenvalue weighted by Crippen LogP contribution is -2.30. The maximum Gasteiger partial charge on any atom is 0.338 e. The molecule has 0 aliphatic heterocycles. The molecule has 0 radical (unpaired) electrons. The number of hydrogen-bond acceptors (Lipinski definition) is 6. The third-order valence-electron chi connectivity index (χ3n) is 5.41. The standard InChI is InChI=1S/C28H22N4O4/c1-18(27(33)30-21-10-12-23(13-11-21)36-22-7-3-2-4-8-22)35-28(34)19-9-14-24-25(16-19)32-26(31-24)20-6-5-15-29-17-20/h2-18H,1H3,(H,30,33)(H,31,32). The summed E-state index contributed by atoms with van der Waals surface area (Å²) in [5.41, 5.74) is 3.09. The second kappa shape index (κ2) is 10.1. The highest BCUT2D eigenvalue weighted by Gasteiger charge is 2.20. The van der Waals surface area contributed by atoms with Crippen molar-refractivity contribution in [3.8, 4) is 22.9 Å². The number of nitrogens with zero attached hydrogens (tertiary/aromatic N) is 2. The predicted octanol–water partition coefficient (Wildman–Crippen LogP) is 5.60. The molecule has 36 heavy (non-hydrogen) atoms. The summed E-state index contributed by atoms with van der Waals surface area (Å²) in [6, 6.07) is 25.1. The first kappa shape index (κ1) is 22.8. The van der Waals surface area contributed by atoms with Gasteiger partial charge in [0.15, 0.2) is 6.10 Å². The van der Waals surface area contributed by atoms with Gasteiger partial charge in [-0.15, -0.1) is 0 Å². The number of aromatic nitrogens is 3. The quantitative estimate of drug-likeness (QED) is 0.295. The Balaban J connectivity index is 1.20. The minimum absolute atomic E-state index is 0.311. The first-order valence-corrected chi connectivity index (χ1v) is 11.3. The van der Waals surface area contributed by atoms with Gasteiger partial charge in [-0.05, 0) is 73.7 Å². The maximum atomic E-state index is 12.7. The summed E-state index contributed by atoms with van der Waals surface area (Å²) in [6.45, 7) is 1.52. The monoisotopic (exact) mass is 478 g/mol. The van der Waals surface area contributed by atoms with E-state index in [0.717, 1.165) is 11.3 Å². The number of hydrogen-bond donors (Lipinski definition) is 2. The van der Waals surface area contributed by atoms with E-state index >= 15 is 0 Å². The van der Waals surface area contributed by atoms with E-state index in [4.69, 9.17) is 9.47 Å². The molecule has 0 bridgehead atoms. The van der Waals surface area contributed by atoms with Gasteiger partial charge in [0, 0.05) is 23.6 Å². The van der Waals surface area contributed by atoms with Crippen LogP contribution in [-0.2, 0) is 9.53 Å². The van der Waals surface area contributed by atoms with Crippen LogP contribution >= 0.6 is 0 Å². The van der Waals surface area contributed by atoms with Crippen LogP contribution in [0.2, 0.25) is 0 Å². The summed E-state index contributed by atoms with van der Waals surface area (Å²) in [7, 11) is 0. The molecule has 0 spiro atoms. The fourth-order valence-corrected chi connectivity index (χ4v) is 3.53. The summed E-state index contributed by atoms with van der Waals surface area (Å²) < 4.78 is 11.1. The summed E-state index contributed by atoms with van der Waals surface area (Å²) in [4.78, 5) is 37.1. The van der Waals surface area contributed by atoms with Crippen LogP contribution in [0, 0.1) is 0 Å². The smallest absolute Gasteiger partial charge is 0.338 e. The molecule has 3 aromatic carbocycles. The lowest BCUT2D eigenvalue weighted by atomic mass is 10.2. The Kier molecular flexibility index (Phi) is 6.40. The third kappa shape index (κ3) is 5.23. The first-order valence-electron chi connectivity index (χ1n) is 11.3. The van der Waals surface area contributed by atoms with Gasteiger partial charge < -0.3 is 19.8 Å². The van der Waals surface area contributed by atoms with Gasteiger partial charge >= 0.3 is 5.97 Å². The van der Waals surface area contributed by atoms with Crippen LogP contribution in [0.25, 0.3) is 22.4 Å².